The number of aromatic nitrogens is 1. The number of rotatable bonds is 5. The fraction of sp³-hybridized carbons (Fsp3) is 0.419. The number of alkyl halides is 3. The van der Waals surface area contributed by atoms with Crippen LogP contribution in [0.15, 0.2) is 42.6 Å². The molecule has 0 radical (unpaired) electrons. The number of nitrogens with one attached hydrogen (secondary N) is 1. The number of ether oxygens (including phenoxy) is 1. The molecule has 3 atom stereocenters. The Kier molecular flexibility index (Phi) is 8.81. The summed E-state index contributed by atoms with van der Waals surface area (Å²) in [6.07, 6.45) is -3.82. The summed E-state index contributed by atoms with van der Waals surface area (Å²) in [6.45, 7) is 8.18. The number of hydrogen-bond acceptors (Lipinski definition) is 6. The predicted octanol–water partition coefficient (Wildman–Crippen LogP) is 6.19. The van der Waals surface area contributed by atoms with E-state index in [4.69, 9.17) is 4.74 Å². The van der Waals surface area contributed by atoms with Crippen molar-refractivity contribution in [1.29, 1.82) is 0 Å². The molecule has 2 aromatic carbocycles. The largest absolute Gasteiger partial charge is 0.417 e. The third kappa shape index (κ3) is 6.48. The number of halogens is 6. The number of pyridine rings is 1. The van der Waals surface area contributed by atoms with Crippen molar-refractivity contribution in [1.82, 2.24) is 9.88 Å². The molecule has 0 unspecified atom stereocenters. The minimum absolute atomic E-state index is 0.0191. The van der Waals surface area contributed by atoms with Gasteiger partial charge in [0.15, 0.2) is 5.82 Å². The number of amides is 1. The molecule has 13 heteroatoms. The highest BCUT2D eigenvalue weighted by molar-refractivity contribution is 6.07. The number of likely N-dealkylation sites (N-methyl/N-ethyl adjacent to an activating group) is 1. The lowest BCUT2D eigenvalue weighted by Crippen LogP contribution is -2.50. The molecule has 7 nitrogen and oxygen atoms in total. The zero-order chi connectivity index (χ0) is 31.9. The van der Waals surface area contributed by atoms with Gasteiger partial charge >= 0.3 is 6.18 Å². The van der Waals surface area contributed by atoms with E-state index in [1.165, 1.54) is 12.3 Å². The van der Waals surface area contributed by atoms with E-state index in [1.54, 1.807) is 11.0 Å². The van der Waals surface area contributed by atoms with Crippen LogP contribution in [0.4, 0.5) is 43.5 Å². The Balaban J connectivity index is 1.56. The summed E-state index contributed by atoms with van der Waals surface area (Å²) in [5, 5.41) is 2.26. The average molecular weight is 622 g/mol. The van der Waals surface area contributed by atoms with Gasteiger partial charge in [-0.1, -0.05) is 0 Å². The van der Waals surface area contributed by atoms with Gasteiger partial charge in [-0.05, 0) is 58.2 Å². The topological polar surface area (TPSA) is 60.9 Å². The molecular weight excluding hydrogens is 588 g/mol. The van der Waals surface area contributed by atoms with Crippen LogP contribution >= 0.6 is 0 Å². The van der Waals surface area contributed by atoms with Crippen molar-refractivity contribution in [2.45, 2.75) is 45.2 Å². The molecule has 236 valence electrons. The molecule has 2 aliphatic heterocycles. The summed E-state index contributed by atoms with van der Waals surface area (Å²) in [5.41, 5.74) is -3.34. The number of morpholine rings is 1. The van der Waals surface area contributed by atoms with E-state index in [-0.39, 0.29) is 35.6 Å². The van der Waals surface area contributed by atoms with Gasteiger partial charge in [0.1, 0.15) is 23.1 Å². The second-order valence-electron chi connectivity index (χ2n) is 11.4. The van der Waals surface area contributed by atoms with Crippen molar-refractivity contribution in [3.05, 3.63) is 71.2 Å². The Morgan fingerprint density at radius 3 is 2.27 bits per heavy atom. The van der Waals surface area contributed by atoms with Gasteiger partial charge in [0, 0.05) is 56.6 Å². The Bertz CT molecular complexity index is 1520. The highest BCUT2D eigenvalue weighted by atomic mass is 19.4. The highest BCUT2D eigenvalue weighted by Crippen LogP contribution is 2.40. The van der Waals surface area contributed by atoms with Crippen molar-refractivity contribution in [2.75, 3.05) is 54.9 Å². The van der Waals surface area contributed by atoms with Crippen LogP contribution in [0.2, 0.25) is 0 Å². The highest BCUT2D eigenvalue weighted by Gasteiger charge is 2.37. The first-order chi connectivity index (χ1) is 20.7. The first-order valence-corrected chi connectivity index (χ1v) is 14.2. The van der Waals surface area contributed by atoms with E-state index in [2.05, 4.69) is 10.3 Å². The quantitative estimate of drug-likeness (QED) is 0.343. The molecular formula is C31H33F6N5O2. The fourth-order valence-corrected chi connectivity index (χ4v) is 5.72. The average Bonchev–Trinajstić information content (AvgIpc) is 2.95. The van der Waals surface area contributed by atoms with Crippen LogP contribution in [-0.4, -0.2) is 73.8 Å². The van der Waals surface area contributed by atoms with Gasteiger partial charge in [-0.25, -0.2) is 18.2 Å². The van der Waals surface area contributed by atoms with Gasteiger partial charge in [-0.3, -0.25) is 4.79 Å². The molecule has 1 N–H and O–H groups in total. The zero-order valence-electron chi connectivity index (χ0n) is 24.7. The van der Waals surface area contributed by atoms with E-state index in [0.29, 0.717) is 50.7 Å². The summed E-state index contributed by atoms with van der Waals surface area (Å²) in [4.78, 5) is 23.4. The molecule has 5 rings (SSSR count). The summed E-state index contributed by atoms with van der Waals surface area (Å²) >= 11 is 0. The van der Waals surface area contributed by atoms with Crippen molar-refractivity contribution < 1.29 is 35.9 Å². The molecule has 0 spiro atoms. The van der Waals surface area contributed by atoms with Crippen molar-refractivity contribution in [3.8, 4) is 11.1 Å². The molecule has 0 aliphatic carbocycles. The van der Waals surface area contributed by atoms with Crippen molar-refractivity contribution in [2.24, 2.45) is 0 Å². The Hall–Kier alpha value is -3.84. The molecule has 3 heterocycles. The fourth-order valence-electron chi connectivity index (χ4n) is 5.72. The molecule has 3 aromatic rings. The standard InChI is InChI=1S/C31H33F6N5O2/c1-17-14-41(10-9-40(17)4)25-12-24(33)27(20-5-8-26(38-13-20)42-15-18(2)44-19(3)16-42)28(34)29(25)39-30(43)22-7-6-21(32)11-23(22)31(35,36)37/h5-8,11-13,17-19H,9-10,14-16H2,1-4H3,(H,39,43)/t17-,18-,19+/m0/s1. The number of carbonyl (C=O) groups excluding carboxylic acids is 1. The van der Waals surface area contributed by atoms with E-state index >= 15 is 8.78 Å². The van der Waals surface area contributed by atoms with Crippen LogP contribution in [0.25, 0.3) is 11.1 Å². The second-order valence-corrected chi connectivity index (χ2v) is 11.4. The lowest BCUT2D eigenvalue weighted by atomic mass is 10.0. The van der Waals surface area contributed by atoms with Gasteiger partial charge < -0.3 is 24.8 Å². The lowest BCUT2D eigenvalue weighted by Gasteiger charge is -2.40. The first kappa shape index (κ1) is 31.6. The maximum absolute atomic E-state index is 16.4. The van der Waals surface area contributed by atoms with E-state index in [1.807, 2.05) is 37.6 Å². The van der Waals surface area contributed by atoms with Crippen LogP contribution in [0.3, 0.4) is 0 Å². The van der Waals surface area contributed by atoms with Crippen LogP contribution < -0.4 is 15.1 Å². The number of anilines is 3. The van der Waals surface area contributed by atoms with Gasteiger partial charge in [0.2, 0.25) is 0 Å². The lowest BCUT2D eigenvalue weighted by molar-refractivity contribution is -0.138. The summed E-state index contributed by atoms with van der Waals surface area (Å²) in [6, 6.07) is 5.77. The monoisotopic (exact) mass is 621 g/mol. The van der Waals surface area contributed by atoms with Gasteiger partial charge in [0.25, 0.3) is 5.91 Å². The molecule has 1 amide bonds. The number of carbonyl (C=O) groups is 1. The summed E-state index contributed by atoms with van der Waals surface area (Å²) < 4.78 is 92.8. The smallest absolute Gasteiger partial charge is 0.372 e. The molecule has 2 aliphatic rings. The van der Waals surface area contributed by atoms with Crippen LogP contribution in [0.5, 0.6) is 0 Å². The van der Waals surface area contributed by atoms with E-state index in [0.717, 1.165) is 6.07 Å². The normalized spacial score (nSPS) is 21.5. The molecule has 44 heavy (non-hydrogen) atoms. The minimum Gasteiger partial charge on any atom is -0.372 e. The number of hydrogen-bond donors (Lipinski definition) is 1. The van der Waals surface area contributed by atoms with Gasteiger partial charge in [-0.15, -0.1) is 0 Å². The molecule has 0 saturated carbocycles. The maximum Gasteiger partial charge on any atom is 0.417 e. The SMILES string of the molecule is C[C@@H]1CN(c2ccc(-c3c(F)cc(N4CCN(C)[C@@H](C)C4)c(NC(=O)c4ccc(F)cc4C(F)(F)F)c3F)cn2)C[C@H](C)O1. The van der Waals surface area contributed by atoms with Crippen molar-refractivity contribution >= 4 is 23.1 Å². The number of nitrogens with zero attached hydrogens (tertiary/aromatic N) is 4. The molecule has 1 aromatic heterocycles. The van der Waals surface area contributed by atoms with Gasteiger partial charge in [0.05, 0.1) is 34.6 Å². The maximum atomic E-state index is 16.4. The van der Waals surface area contributed by atoms with Crippen LogP contribution in [-0.2, 0) is 10.9 Å². The molecule has 2 saturated heterocycles. The van der Waals surface area contributed by atoms with E-state index < -0.39 is 51.9 Å². The predicted molar refractivity (Wildman–Crippen MR) is 155 cm³/mol. The zero-order valence-corrected chi connectivity index (χ0v) is 24.7. The Labute approximate surface area is 251 Å². The van der Waals surface area contributed by atoms with Crippen molar-refractivity contribution in [3.63, 3.8) is 0 Å². The number of piperazine rings is 1. The number of benzene rings is 2. The van der Waals surface area contributed by atoms with Gasteiger partial charge in [-0.2, -0.15) is 13.2 Å². The molecule has 2 fully saturated rings. The Morgan fingerprint density at radius 1 is 0.955 bits per heavy atom. The van der Waals surface area contributed by atoms with Crippen LogP contribution in [0, 0.1) is 17.5 Å². The van der Waals surface area contributed by atoms with E-state index in [9.17, 15) is 22.4 Å². The minimum atomic E-state index is -5.06. The summed E-state index contributed by atoms with van der Waals surface area (Å²) in [5.74, 6) is -4.01. The summed E-state index contributed by atoms with van der Waals surface area (Å²) in [7, 11) is 1.90. The third-order valence-electron chi connectivity index (χ3n) is 8.05. The third-order valence-corrected chi connectivity index (χ3v) is 8.05. The second kappa shape index (κ2) is 12.3. The van der Waals surface area contributed by atoms with Crippen LogP contribution in [0.1, 0.15) is 36.7 Å². The Morgan fingerprint density at radius 2 is 1.66 bits per heavy atom. The first-order valence-electron chi connectivity index (χ1n) is 14.2. The molecule has 0 bridgehead atoms.